The molecule has 0 aliphatic rings. The molecule has 2 heterocycles. The Labute approximate surface area is 146 Å². The van der Waals surface area contributed by atoms with Crippen molar-refractivity contribution < 1.29 is 8.42 Å². The molecule has 0 atom stereocenters. The molecule has 0 saturated heterocycles. The molecule has 0 spiro atoms. The van der Waals surface area contributed by atoms with Crippen molar-refractivity contribution in [2.45, 2.75) is 19.9 Å². The topological polar surface area (TPSA) is 87.8 Å². The van der Waals surface area contributed by atoms with Crippen LogP contribution in [0.4, 0.5) is 5.69 Å². The quantitative estimate of drug-likeness (QED) is 0.776. The van der Waals surface area contributed by atoms with Crippen molar-refractivity contribution in [2.75, 3.05) is 11.0 Å². The number of anilines is 1. The lowest BCUT2D eigenvalue weighted by molar-refractivity contribution is 0.607. The number of hydrogen-bond donors (Lipinski definition) is 1. The number of benzene rings is 1. The van der Waals surface area contributed by atoms with Crippen LogP contribution in [0.25, 0.3) is 22.0 Å². The molecule has 0 aliphatic carbocycles. The first-order chi connectivity index (χ1) is 11.8. The number of rotatable bonds is 4. The van der Waals surface area contributed by atoms with Gasteiger partial charge in [-0.1, -0.05) is 6.07 Å². The van der Waals surface area contributed by atoms with Crippen molar-refractivity contribution in [3.63, 3.8) is 0 Å². The van der Waals surface area contributed by atoms with Gasteiger partial charge in [0.15, 0.2) is 0 Å². The Kier molecular flexibility index (Phi) is 4.23. The van der Waals surface area contributed by atoms with Crippen LogP contribution >= 0.6 is 0 Å². The van der Waals surface area contributed by atoms with E-state index in [4.69, 9.17) is 5.26 Å². The highest BCUT2D eigenvalue weighted by molar-refractivity contribution is 7.92. The Bertz CT molecular complexity index is 1070. The summed E-state index contributed by atoms with van der Waals surface area (Å²) in [6, 6.07) is 11.2. The fourth-order valence-electron chi connectivity index (χ4n) is 2.81. The summed E-state index contributed by atoms with van der Waals surface area (Å²) >= 11 is 0. The zero-order valence-corrected chi connectivity index (χ0v) is 15.0. The molecular weight excluding hydrogens is 336 g/mol. The second-order valence-electron chi connectivity index (χ2n) is 6.19. The van der Waals surface area contributed by atoms with Crippen molar-refractivity contribution >= 4 is 26.6 Å². The molecule has 0 unspecified atom stereocenters. The van der Waals surface area contributed by atoms with Crippen LogP contribution in [0.5, 0.6) is 0 Å². The molecule has 25 heavy (non-hydrogen) atoms. The first kappa shape index (κ1) is 17.0. The SMILES string of the molecule is CC(C)n1cc(-c2ccc(C#N)nc2)c2ccc(NS(C)(=O)=O)cc21. The van der Waals surface area contributed by atoms with Crippen molar-refractivity contribution in [2.24, 2.45) is 0 Å². The predicted octanol–water partition coefficient (Wildman–Crippen LogP) is 3.53. The summed E-state index contributed by atoms with van der Waals surface area (Å²) < 4.78 is 27.6. The van der Waals surface area contributed by atoms with Gasteiger partial charge < -0.3 is 4.57 Å². The molecule has 0 fully saturated rings. The summed E-state index contributed by atoms with van der Waals surface area (Å²) in [5.74, 6) is 0. The van der Waals surface area contributed by atoms with Gasteiger partial charge in [0.2, 0.25) is 10.0 Å². The standard InChI is InChI=1S/C18H18N4O2S/c1-12(2)22-11-17(13-4-5-15(9-19)20-10-13)16-7-6-14(8-18(16)22)21-25(3,23)24/h4-8,10-12,21H,1-3H3. The van der Waals surface area contributed by atoms with Crippen molar-refractivity contribution in [1.29, 1.82) is 5.26 Å². The smallest absolute Gasteiger partial charge is 0.229 e. The molecule has 1 aromatic carbocycles. The highest BCUT2D eigenvalue weighted by atomic mass is 32.2. The Morgan fingerprint density at radius 1 is 1.24 bits per heavy atom. The molecule has 1 N–H and O–H groups in total. The van der Waals surface area contributed by atoms with E-state index in [-0.39, 0.29) is 6.04 Å². The van der Waals surface area contributed by atoms with Crippen LogP contribution in [0.2, 0.25) is 0 Å². The summed E-state index contributed by atoms with van der Waals surface area (Å²) in [7, 11) is -3.33. The molecule has 0 bridgehead atoms. The average Bonchev–Trinajstić information content (AvgIpc) is 2.92. The van der Waals surface area contributed by atoms with E-state index in [1.165, 1.54) is 0 Å². The number of nitriles is 1. The number of pyridine rings is 1. The molecule has 2 aromatic heterocycles. The molecule has 3 aromatic rings. The molecule has 0 aliphatic heterocycles. The Morgan fingerprint density at radius 3 is 2.56 bits per heavy atom. The number of nitrogens with zero attached hydrogens (tertiary/aromatic N) is 3. The predicted molar refractivity (Wildman–Crippen MR) is 98.7 cm³/mol. The summed E-state index contributed by atoms with van der Waals surface area (Å²) in [5, 5.41) is 9.90. The van der Waals surface area contributed by atoms with Crippen LogP contribution in [-0.4, -0.2) is 24.2 Å². The van der Waals surface area contributed by atoms with Gasteiger partial charge in [-0.15, -0.1) is 0 Å². The minimum atomic E-state index is -3.33. The van der Waals surface area contributed by atoms with Gasteiger partial charge in [0, 0.05) is 34.9 Å². The first-order valence-corrected chi connectivity index (χ1v) is 9.66. The molecule has 128 valence electrons. The summed E-state index contributed by atoms with van der Waals surface area (Å²) in [4.78, 5) is 4.14. The maximum absolute atomic E-state index is 11.5. The highest BCUT2D eigenvalue weighted by Gasteiger charge is 2.14. The normalized spacial score (nSPS) is 11.6. The Morgan fingerprint density at radius 2 is 2.00 bits per heavy atom. The zero-order valence-electron chi connectivity index (χ0n) is 14.2. The van der Waals surface area contributed by atoms with E-state index >= 15 is 0 Å². The molecule has 0 amide bonds. The summed E-state index contributed by atoms with van der Waals surface area (Å²) in [6.45, 7) is 4.13. The van der Waals surface area contributed by atoms with E-state index in [1.807, 2.05) is 30.5 Å². The van der Waals surface area contributed by atoms with Crippen LogP contribution in [0.3, 0.4) is 0 Å². The van der Waals surface area contributed by atoms with Crippen LogP contribution in [0.15, 0.2) is 42.7 Å². The van der Waals surface area contributed by atoms with E-state index in [0.29, 0.717) is 11.4 Å². The minimum Gasteiger partial charge on any atom is -0.344 e. The van der Waals surface area contributed by atoms with Crippen molar-refractivity contribution in [3.8, 4) is 17.2 Å². The Balaban J connectivity index is 2.18. The van der Waals surface area contributed by atoms with E-state index in [1.54, 1.807) is 18.3 Å². The van der Waals surface area contributed by atoms with Gasteiger partial charge in [-0.3, -0.25) is 4.72 Å². The zero-order chi connectivity index (χ0) is 18.2. The van der Waals surface area contributed by atoms with Crippen LogP contribution < -0.4 is 4.72 Å². The van der Waals surface area contributed by atoms with E-state index < -0.39 is 10.0 Å². The van der Waals surface area contributed by atoms with Crippen LogP contribution in [-0.2, 0) is 10.0 Å². The monoisotopic (exact) mass is 354 g/mol. The van der Waals surface area contributed by atoms with E-state index in [0.717, 1.165) is 28.3 Å². The van der Waals surface area contributed by atoms with Gasteiger partial charge in [0.25, 0.3) is 0 Å². The Hall–Kier alpha value is -2.85. The molecule has 0 saturated carbocycles. The number of hydrogen-bond acceptors (Lipinski definition) is 4. The lowest BCUT2D eigenvalue weighted by Crippen LogP contribution is -2.09. The van der Waals surface area contributed by atoms with E-state index in [2.05, 4.69) is 28.1 Å². The second kappa shape index (κ2) is 6.22. The van der Waals surface area contributed by atoms with Crippen molar-refractivity contribution in [3.05, 3.63) is 48.4 Å². The second-order valence-corrected chi connectivity index (χ2v) is 7.94. The van der Waals surface area contributed by atoms with Crippen LogP contribution in [0, 0.1) is 11.3 Å². The van der Waals surface area contributed by atoms with Crippen molar-refractivity contribution in [1.82, 2.24) is 9.55 Å². The van der Waals surface area contributed by atoms with Gasteiger partial charge in [-0.2, -0.15) is 5.26 Å². The van der Waals surface area contributed by atoms with Gasteiger partial charge in [0.05, 0.1) is 17.5 Å². The fraction of sp³-hybridized carbons (Fsp3) is 0.222. The van der Waals surface area contributed by atoms with Gasteiger partial charge in [-0.25, -0.2) is 13.4 Å². The number of sulfonamides is 1. The fourth-order valence-corrected chi connectivity index (χ4v) is 3.36. The molecule has 7 heteroatoms. The third-order valence-electron chi connectivity index (χ3n) is 3.88. The maximum atomic E-state index is 11.5. The minimum absolute atomic E-state index is 0.205. The highest BCUT2D eigenvalue weighted by Crippen LogP contribution is 2.34. The third-order valence-corrected chi connectivity index (χ3v) is 4.49. The summed E-state index contributed by atoms with van der Waals surface area (Å²) in [6.07, 6.45) is 4.84. The number of aromatic nitrogens is 2. The summed E-state index contributed by atoms with van der Waals surface area (Å²) in [5.41, 5.74) is 3.73. The molecular formula is C18H18N4O2S. The molecule has 3 rings (SSSR count). The van der Waals surface area contributed by atoms with E-state index in [9.17, 15) is 8.42 Å². The lowest BCUT2D eigenvalue weighted by Gasteiger charge is -2.10. The lowest BCUT2D eigenvalue weighted by atomic mass is 10.1. The number of nitrogens with one attached hydrogen (secondary N) is 1. The average molecular weight is 354 g/mol. The van der Waals surface area contributed by atoms with Crippen LogP contribution in [0.1, 0.15) is 25.6 Å². The van der Waals surface area contributed by atoms with Gasteiger partial charge in [-0.05, 0) is 38.1 Å². The molecule has 6 nitrogen and oxygen atoms in total. The van der Waals surface area contributed by atoms with Gasteiger partial charge in [0.1, 0.15) is 11.8 Å². The largest absolute Gasteiger partial charge is 0.344 e. The third kappa shape index (κ3) is 3.49. The molecule has 0 radical (unpaired) electrons. The first-order valence-electron chi connectivity index (χ1n) is 7.77. The number of fused-ring (bicyclic) bond motifs is 1. The van der Waals surface area contributed by atoms with Gasteiger partial charge >= 0.3 is 0 Å². The maximum Gasteiger partial charge on any atom is 0.229 e.